The molecule has 34 heavy (non-hydrogen) atoms. The van der Waals surface area contributed by atoms with E-state index in [2.05, 4.69) is 49.4 Å². The average Bonchev–Trinajstić information content (AvgIpc) is 2.93. The molecule has 1 aromatic carbocycles. The molecule has 0 atom stereocenters. The zero-order valence-electron chi connectivity index (χ0n) is 24.8. The van der Waals surface area contributed by atoms with E-state index in [4.69, 9.17) is 8.22 Å². The maximum Gasteiger partial charge on any atom is 0.127 e. The first-order valence-corrected chi connectivity index (χ1v) is 11.3. The second kappa shape index (κ2) is 10.1. The van der Waals surface area contributed by atoms with Gasteiger partial charge in [0.05, 0.1) is 11.4 Å². The van der Waals surface area contributed by atoms with Gasteiger partial charge in [-0.3, -0.25) is 14.9 Å². The summed E-state index contributed by atoms with van der Waals surface area (Å²) in [6.45, 7) is -1.15. The molecule has 0 unspecified atom stereocenters. The van der Waals surface area contributed by atoms with Crippen LogP contribution in [0.15, 0.2) is 79.3 Å². The fourth-order valence-corrected chi connectivity index (χ4v) is 4.13. The van der Waals surface area contributed by atoms with E-state index in [9.17, 15) is 0 Å². The van der Waals surface area contributed by atoms with Crippen molar-refractivity contribution in [2.45, 2.75) is 6.54 Å². The van der Waals surface area contributed by atoms with Crippen molar-refractivity contribution in [2.24, 2.45) is 0 Å². The minimum Gasteiger partial charge on any atom is -0.373 e. The van der Waals surface area contributed by atoms with Crippen LogP contribution in [0.2, 0.25) is 0 Å². The molecule has 1 saturated heterocycles. The van der Waals surface area contributed by atoms with Gasteiger partial charge in [-0.1, -0.05) is 30.3 Å². The number of pyridine rings is 3. The smallest absolute Gasteiger partial charge is 0.127 e. The number of anilines is 1. The highest BCUT2D eigenvalue weighted by molar-refractivity contribution is 5.76. The van der Waals surface area contributed by atoms with E-state index in [1.54, 1.807) is 29.6 Å². The molecule has 1 aliphatic heterocycles. The summed E-state index contributed by atoms with van der Waals surface area (Å²) >= 11 is 0. The molecule has 0 bridgehead atoms. The zero-order chi connectivity index (χ0) is 28.3. The van der Waals surface area contributed by atoms with E-state index < -0.39 is 14.0 Å². The number of likely N-dealkylation sites (N-methyl/N-ethyl adjacent to an activating group) is 1. The second-order valence-electron chi connectivity index (χ2n) is 8.39. The Morgan fingerprint density at radius 3 is 2.41 bits per heavy atom. The Morgan fingerprint density at radius 2 is 1.68 bits per heavy atom. The molecule has 0 aliphatic carbocycles. The van der Waals surface area contributed by atoms with Crippen molar-refractivity contribution >= 4 is 5.82 Å². The van der Waals surface area contributed by atoms with Crippen molar-refractivity contribution in [2.75, 3.05) is 45.4 Å². The van der Waals surface area contributed by atoms with Gasteiger partial charge in [-0.15, -0.1) is 0 Å². The Hall–Kier alpha value is -3.61. The van der Waals surface area contributed by atoms with Crippen LogP contribution in [0, 0.1) is 0 Å². The highest BCUT2D eigenvalue weighted by Gasteiger charge is 2.14. The summed E-state index contributed by atoms with van der Waals surface area (Å²) in [4.78, 5) is 17.1. The molecule has 1 N–H and O–H groups in total. The van der Waals surface area contributed by atoms with Crippen LogP contribution in [0.5, 0.6) is 0 Å². The molecule has 4 heterocycles. The van der Waals surface area contributed by atoms with E-state index in [-0.39, 0.29) is 5.82 Å². The predicted molar refractivity (Wildman–Crippen MR) is 138 cm³/mol. The monoisotopic (exact) mass is 456 g/mol. The zero-order valence-corrected chi connectivity index (χ0v) is 18.8. The van der Waals surface area contributed by atoms with Gasteiger partial charge >= 0.3 is 0 Å². The summed E-state index contributed by atoms with van der Waals surface area (Å²) in [7, 11) is 0. The van der Waals surface area contributed by atoms with Crippen molar-refractivity contribution in [1.82, 2.24) is 24.8 Å². The van der Waals surface area contributed by atoms with E-state index >= 15 is 0 Å². The van der Waals surface area contributed by atoms with Crippen LogP contribution >= 0.6 is 0 Å². The third-order valence-corrected chi connectivity index (χ3v) is 6.02. The van der Waals surface area contributed by atoms with E-state index in [0.717, 1.165) is 47.5 Å². The Bertz CT molecular complexity index is 1430. The molecule has 0 saturated carbocycles. The van der Waals surface area contributed by atoms with E-state index in [0.29, 0.717) is 24.5 Å². The summed E-state index contributed by atoms with van der Waals surface area (Å²) in [5.74, 6) is 0.229. The summed E-state index contributed by atoms with van der Waals surface area (Å²) in [6.07, 6.45) is 5.21. The fourth-order valence-electron chi connectivity index (χ4n) is 4.13. The maximum absolute atomic E-state index is 7.62. The molecular weight excluding hydrogens is 420 g/mol. The van der Waals surface area contributed by atoms with Crippen LogP contribution in [0.4, 0.5) is 5.82 Å². The maximum atomic E-state index is 7.62. The van der Waals surface area contributed by atoms with Gasteiger partial charge in [-0.05, 0) is 54.0 Å². The second-order valence-corrected chi connectivity index (χ2v) is 8.39. The molecule has 0 spiro atoms. The number of benzene rings is 1. The normalized spacial score (nSPS) is 18.1. The molecule has 0 amide bonds. The highest BCUT2D eigenvalue weighted by Crippen LogP contribution is 2.29. The molecular formula is C28H30N6. The first-order chi connectivity index (χ1) is 19.0. The number of rotatable bonds is 6. The third-order valence-electron chi connectivity index (χ3n) is 6.02. The number of nitrogens with zero attached hydrogens (tertiary/aromatic N) is 5. The molecule has 6 nitrogen and oxygen atoms in total. The summed E-state index contributed by atoms with van der Waals surface area (Å²) in [5.41, 5.74) is 5.87. The number of aromatic nitrogens is 3. The summed E-state index contributed by atoms with van der Waals surface area (Å²) < 4.78 is 45.6. The minimum absolute atomic E-state index is 0.229. The van der Waals surface area contributed by atoms with Gasteiger partial charge in [-0.25, -0.2) is 4.98 Å². The van der Waals surface area contributed by atoms with Crippen molar-refractivity contribution in [3.05, 3.63) is 84.8 Å². The summed E-state index contributed by atoms with van der Waals surface area (Å²) in [6, 6.07) is 19.4. The Labute approximate surface area is 209 Å². The first kappa shape index (κ1) is 16.1. The highest BCUT2D eigenvalue weighted by atomic mass is 15.2. The fraction of sp³-hybridized carbons (Fsp3) is 0.250. The third kappa shape index (κ3) is 5.14. The predicted octanol–water partition coefficient (Wildman–Crippen LogP) is 4.66. The van der Waals surface area contributed by atoms with Gasteiger partial charge in [0.15, 0.2) is 0 Å². The topological polar surface area (TPSA) is 57.2 Å². The average molecular weight is 457 g/mol. The van der Waals surface area contributed by atoms with Gasteiger partial charge in [0.2, 0.25) is 0 Å². The minimum atomic E-state index is -2.39. The van der Waals surface area contributed by atoms with Crippen molar-refractivity contribution in [3.63, 3.8) is 0 Å². The lowest BCUT2D eigenvalue weighted by Crippen LogP contribution is -2.43. The first-order valence-electron chi connectivity index (χ1n) is 14.3. The lowest BCUT2D eigenvalue weighted by atomic mass is 10.0. The molecule has 172 valence electrons. The van der Waals surface area contributed by atoms with E-state index in [1.165, 1.54) is 0 Å². The van der Waals surface area contributed by atoms with Crippen molar-refractivity contribution in [1.29, 1.82) is 0 Å². The SMILES string of the molecule is [2H]C([2H])([2H])Nc1cc(-c2cncc(-c3ccc(CN4CCN(C([2H])([2H])[2H])CC4)cc3)c2)cc(-c2ccccn2)n1. The molecule has 5 rings (SSSR count). The molecule has 6 heteroatoms. The van der Waals surface area contributed by atoms with Crippen LogP contribution in [0.1, 0.15) is 13.8 Å². The lowest BCUT2D eigenvalue weighted by molar-refractivity contribution is 0.148. The van der Waals surface area contributed by atoms with Crippen molar-refractivity contribution < 1.29 is 8.22 Å². The van der Waals surface area contributed by atoms with Gasteiger partial charge in [-0.2, -0.15) is 0 Å². The van der Waals surface area contributed by atoms with E-state index in [1.807, 2.05) is 30.3 Å². The number of hydrogen-bond donors (Lipinski definition) is 1. The number of piperazine rings is 1. The molecule has 3 aromatic heterocycles. The van der Waals surface area contributed by atoms with Crippen LogP contribution in [0.25, 0.3) is 33.6 Å². The standard InChI is InChI=1S/C28H30N6/c1-29-28-17-23(16-27(32-28)26-5-3-4-10-31-26)25-15-24(18-30-19-25)22-8-6-21(7-9-22)20-34-13-11-33(2)12-14-34/h3-10,15-19H,11-14,20H2,1-2H3,(H,29,32)/i1D3,2D3. The Kier molecular flexibility index (Phi) is 4.79. The van der Waals surface area contributed by atoms with Gasteiger partial charge < -0.3 is 10.2 Å². The lowest BCUT2D eigenvalue weighted by Gasteiger charge is -2.32. The molecule has 0 radical (unpaired) electrons. The molecule has 1 aliphatic rings. The molecule has 1 fully saturated rings. The Morgan fingerprint density at radius 1 is 0.853 bits per heavy atom. The van der Waals surface area contributed by atoms with Crippen molar-refractivity contribution in [3.8, 4) is 33.6 Å². The number of hydrogen-bond acceptors (Lipinski definition) is 6. The largest absolute Gasteiger partial charge is 0.373 e. The van der Waals surface area contributed by atoms with Crippen LogP contribution in [-0.4, -0.2) is 64.9 Å². The van der Waals surface area contributed by atoms with Gasteiger partial charge in [0, 0.05) is 77.6 Å². The number of nitrogens with one attached hydrogen (secondary N) is 1. The quantitative estimate of drug-likeness (QED) is 0.455. The Balaban J connectivity index is 1.35. The van der Waals surface area contributed by atoms with Gasteiger partial charge in [0.1, 0.15) is 5.82 Å². The van der Waals surface area contributed by atoms with Crippen LogP contribution in [-0.2, 0) is 6.54 Å². The van der Waals surface area contributed by atoms with Crippen LogP contribution in [0.3, 0.4) is 0 Å². The van der Waals surface area contributed by atoms with Gasteiger partial charge in [0.25, 0.3) is 0 Å². The summed E-state index contributed by atoms with van der Waals surface area (Å²) in [5, 5.41) is 2.50. The van der Waals surface area contributed by atoms with Crippen LogP contribution < -0.4 is 5.32 Å². The molecule has 4 aromatic rings.